The van der Waals surface area contributed by atoms with Crippen LogP contribution in [0.2, 0.25) is 0 Å². The van der Waals surface area contributed by atoms with Crippen LogP contribution in [0.4, 0.5) is 96.6 Å². The second kappa shape index (κ2) is 33.2. The third kappa shape index (κ3) is 25.6. The lowest BCUT2D eigenvalue weighted by atomic mass is 9.82. The Balaban J connectivity index is 9.11. The molecular formula is C46H60F22O13. The van der Waals surface area contributed by atoms with E-state index in [1.165, 1.54) is 0 Å². The van der Waals surface area contributed by atoms with Crippen molar-refractivity contribution in [2.24, 2.45) is 10.8 Å². The highest BCUT2D eigenvalue weighted by molar-refractivity contribution is 5.05. The van der Waals surface area contributed by atoms with E-state index in [1.807, 2.05) is 0 Å². The van der Waals surface area contributed by atoms with Gasteiger partial charge in [-0.2, -0.15) is 70.2 Å². The molecule has 2 atom stereocenters. The molecule has 0 bridgehead atoms. The molecule has 2 unspecified atom stereocenters. The molecule has 0 spiro atoms. The van der Waals surface area contributed by atoms with E-state index in [0.29, 0.717) is 6.08 Å². The first-order valence-electron chi connectivity index (χ1n) is 22.9. The summed E-state index contributed by atoms with van der Waals surface area (Å²) in [6, 6.07) is 0. The summed E-state index contributed by atoms with van der Waals surface area (Å²) in [7, 11) is 0. The van der Waals surface area contributed by atoms with Crippen LogP contribution in [-0.4, -0.2) is 186 Å². The average Bonchev–Trinajstić information content (AvgIpc) is 3.31. The second-order valence-corrected chi connectivity index (χ2v) is 16.7. The molecule has 81 heavy (non-hydrogen) atoms. The largest absolute Gasteiger partial charge is 0.385 e. The lowest BCUT2D eigenvalue weighted by Crippen LogP contribution is -2.72. The molecule has 0 radical (unpaired) electrons. The van der Waals surface area contributed by atoms with Crippen molar-refractivity contribution in [2.45, 2.75) is 85.9 Å². The fraction of sp³-hybridized carbons (Fsp3) is 0.739. The molecule has 35 heteroatoms. The number of hydrogen-bond acceptors (Lipinski definition) is 13. The maximum absolute atomic E-state index is 17.3. The van der Waals surface area contributed by atoms with Gasteiger partial charge >= 0.3 is 48.9 Å². The molecular weight excluding hydrogens is 1180 g/mol. The fourth-order valence-corrected chi connectivity index (χ4v) is 5.74. The highest BCUT2D eigenvalue weighted by Gasteiger charge is 2.88. The van der Waals surface area contributed by atoms with Gasteiger partial charge in [0.2, 0.25) is 0 Å². The Morgan fingerprint density at radius 3 is 0.938 bits per heavy atom. The Labute approximate surface area is 449 Å². The SMILES string of the molecule is C=CCOCCC(F)(F)OCC(COCC(F)(F)COCC=C)(C(F)(F)OC(F)(F)CCOCC=C)C(F)(F)OC(F)(F)C(COCC(F)(F)COCC=C)(C(F)(F)OCC(F)(F)COCC=C)C(F)(F)OC(F)(F)CCOCC=C. The summed E-state index contributed by atoms with van der Waals surface area (Å²) in [6.45, 7) is -16.7. The number of hydrogen-bond donors (Lipinski definition) is 0. The van der Waals surface area contributed by atoms with E-state index in [1.54, 1.807) is 0 Å². The molecule has 13 nitrogen and oxygen atoms in total. The van der Waals surface area contributed by atoms with Crippen molar-refractivity contribution in [1.82, 2.24) is 0 Å². The van der Waals surface area contributed by atoms with Crippen LogP contribution < -0.4 is 0 Å². The molecule has 0 heterocycles. The molecule has 0 rings (SSSR count). The summed E-state index contributed by atoms with van der Waals surface area (Å²) in [6.07, 6.45) is -57.1. The first-order valence-corrected chi connectivity index (χ1v) is 22.9. The van der Waals surface area contributed by atoms with E-state index in [0.717, 1.165) is 30.4 Å². The zero-order chi connectivity index (χ0) is 62.8. The Kier molecular flexibility index (Phi) is 31.7. The molecule has 0 aromatic carbocycles. The van der Waals surface area contributed by atoms with Gasteiger partial charge in [-0.05, 0) is 0 Å². The average molecular weight is 1240 g/mol. The summed E-state index contributed by atoms with van der Waals surface area (Å²) < 4.78 is 402. The summed E-state index contributed by atoms with van der Waals surface area (Å²) in [5.41, 5.74) is -13.9. The van der Waals surface area contributed by atoms with E-state index in [-0.39, 0.29) is 0 Å². The first-order chi connectivity index (χ1) is 37.1. The van der Waals surface area contributed by atoms with Gasteiger partial charge in [0.25, 0.3) is 23.2 Å². The zero-order valence-corrected chi connectivity index (χ0v) is 42.7. The van der Waals surface area contributed by atoms with E-state index < -0.39 is 216 Å². The molecule has 0 N–H and O–H groups in total. The van der Waals surface area contributed by atoms with Gasteiger partial charge in [-0.1, -0.05) is 36.5 Å². The number of ether oxygens (including phenoxy) is 13. The van der Waals surface area contributed by atoms with E-state index in [9.17, 15) is 26.3 Å². The van der Waals surface area contributed by atoms with Gasteiger partial charge in [0.15, 0.2) is 5.41 Å². The van der Waals surface area contributed by atoms with Gasteiger partial charge in [-0.15, -0.1) is 39.5 Å². The van der Waals surface area contributed by atoms with Crippen molar-refractivity contribution in [1.29, 1.82) is 0 Å². The topological polar surface area (TPSA) is 120 Å². The normalized spacial score (nSPS) is 15.5. The van der Waals surface area contributed by atoms with Crippen molar-refractivity contribution in [3.63, 3.8) is 0 Å². The minimum atomic E-state index is -8.13. The summed E-state index contributed by atoms with van der Waals surface area (Å²) >= 11 is 0. The molecule has 0 aliphatic rings. The van der Waals surface area contributed by atoms with Crippen LogP contribution in [0, 0.1) is 10.8 Å². The van der Waals surface area contributed by atoms with Crippen LogP contribution in [0.3, 0.4) is 0 Å². The minimum absolute atomic E-state index is 0.623. The summed E-state index contributed by atoms with van der Waals surface area (Å²) in [5.74, 6) is -14.6. The van der Waals surface area contributed by atoms with E-state index >= 15 is 70.2 Å². The lowest BCUT2D eigenvalue weighted by molar-refractivity contribution is -0.562. The van der Waals surface area contributed by atoms with Gasteiger partial charge in [0.1, 0.15) is 39.6 Å². The van der Waals surface area contributed by atoms with Gasteiger partial charge < -0.3 is 47.4 Å². The zero-order valence-electron chi connectivity index (χ0n) is 42.7. The van der Waals surface area contributed by atoms with E-state index in [4.69, 9.17) is 0 Å². The third-order valence-corrected chi connectivity index (χ3v) is 9.67. The first kappa shape index (κ1) is 77.4. The predicted octanol–water partition coefficient (Wildman–Crippen LogP) is 12.1. The highest BCUT2D eigenvalue weighted by atomic mass is 19.3. The fourth-order valence-electron chi connectivity index (χ4n) is 5.74. The maximum Gasteiger partial charge on any atom is 0.385 e. The van der Waals surface area contributed by atoms with Gasteiger partial charge in [0.05, 0.1) is 98.5 Å². The number of rotatable bonds is 52. The molecule has 0 fully saturated rings. The van der Waals surface area contributed by atoms with Crippen LogP contribution in [0.25, 0.3) is 0 Å². The predicted molar refractivity (Wildman–Crippen MR) is 236 cm³/mol. The van der Waals surface area contributed by atoms with Crippen LogP contribution in [0.5, 0.6) is 0 Å². The van der Waals surface area contributed by atoms with Crippen LogP contribution in [0.1, 0.15) is 19.3 Å². The van der Waals surface area contributed by atoms with Crippen molar-refractivity contribution >= 4 is 0 Å². The molecule has 476 valence electrons. The van der Waals surface area contributed by atoms with Crippen molar-refractivity contribution in [3.05, 3.63) is 75.9 Å². The second-order valence-electron chi connectivity index (χ2n) is 16.7. The smallest absolute Gasteiger partial charge is 0.377 e. The molecule has 0 aliphatic heterocycles. The van der Waals surface area contributed by atoms with Crippen LogP contribution >= 0.6 is 0 Å². The van der Waals surface area contributed by atoms with Crippen LogP contribution in [-0.2, 0) is 61.6 Å². The monoisotopic (exact) mass is 1240 g/mol. The Bertz CT molecular complexity index is 1880. The summed E-state index contributed by atoms with van der Waals surface area (Å²) in [5, 5.41) is 0. The van der Waals surface area contributed by atoms with Crippen molar-refractivity contribution < 1.29 is 158 Å². The Hall–Kier alpha value is -3.62. The standard InChI is InChI=1S/C46H60F22O13/c1-7-16-69-22-13-39(53,54)77-26-34(25-75-30-35(47,48)27-72-19-10-4,42(59,60)79-40(55,56)14-23-70-17-8-2)43(61,62)81-46(67,68)38(33-76-31-36(49,50)28-73-20-11-5,44(63,64)78-32-37(51,52)29-74-21-12-6)45(65,66)80-41(57,58)15-24-71-18-9-3/h7-12H,1-6,13-33H2. The summed E-state index contributed by atoms with van der Waals surface area (Å²) in [4.78, 5) is 0. The Morgan fingerprint density at radius 2 is 0.556 bits per heavy atom. The third-order valence-electron chi connectivity index (χ3n) is 9.67. The molecule has 0 aromatic rings. The minimum Gasteiger partial charge on any atom is -0.377 e. The molecule has 0 aromatic heterocycles. The molecule has 0 amide bonds. The number of halogens is 22. The van der Waals surface area contributed by atoms with E-state index in [2.05, 4.69) is 101 Å². The maximum atomic E-state index is 17.3. The molecule has 0 saturated heterocycles. The van der Waals surface area contributed by atoms with Crippen molar-refractivity contribution in [2.75, 3.05) is 119 Å². The molecule has 0 saturated carbocycles. The lowest BCUT2D eigenvalue weighted by Gasteiger charge is -2.50. The van der Waals surface area contributed by atoms with Crippen molar-refractivity contribution in [3.8, 4) is 0 Å². The van der Waals surface area contributed by atoms with Gasteiger partial charge in [0, 0.05) is 0 Å². The molecule has 0 aliphatic carbocycles. The van der Waals surface area contributed by atoms with Gasteiger partial charge in [-0.25, -0.2) is 26.3 Å². The van der Waals surface area contributed by atoms with Crippen LogP contribution in [0.15, 0.2) is 75.9 Å². The quantitative estimate of drug-likeness (QED) is 0.0327. The Morgan fingerprint density at radius 1 is 0.259 bits per heavy atom. The van der Waals surface area contributed by atoms with Gasteiger partial charge in [-0.3, -0.25) is 14.2 Å². The number of alkyl halides is 22. The highest BCUT2D eigenvalue weighted by Crippen LogP contribution is 2.64.